The molecular weight excluding hydrogens is 306 g/mol. The molecule has 2 aromatic rings. The van der Waals surface area contributed by atoms with Gasteiger partial charge in [-0.1, -0.05) is 0 Å². The number of fused-ring (bicyclic) bond motifs is 4. The number of nitrogens with one attached hydrogen (secondary N) is 1. The summed E-state index contributed by atoms with van der Waals surface area (Å²) in [5.74, 6) is 1.32. The molecule has 1 amide bonds. The van der Waals surface area contributed by atoms with Crippen LogP contribution < -0.4 is 10.1 Å². The lowest BCUT2D eigenvalue weighted by Gasteiger charge is -2.26. The van der Waals surface area contributed by atoms with Crippen molar-refractivity contribution < 1.29 is 13.9 Å². The second-order valence-electron chi connectivity index (χ2n) is 6.57. The third-order valence-corrected chi connectivity index (χ3v) is 4.87. The molecule has 1 N–H and O–H groups in total. The van der Waals surface area contributed by atoms with Gasteiger partial charge >= 0.3 is 6.08 Å². The van der Waals surface area contributed by atoms with Crippen molar-refractivity contribution >= 4 is 5.91 Å². The molecular formula is C18H21N3O3. The van der Waals surface area contributed by atoms with E-state index in [1.165, 1.54) is 38.4 Å². The first-order chi connectivity index (χ1) is 11.8. The van der Waals surface area contributed by atoms with Gasteiger partial charge in [0.05, 0.1) is 6.20 Å². The topological polar surface area (TPSA) is 67.6 Å². The third kappa shape index (κ3) is 3.43. The molecule has 3 saturated heterocycles. The lowest BCUT2D eigenvalue weighted by atomic mass is 9.94. The van der Waals surface area contributed by atoms with Gasteiger partial charge in [-0.3, -0.25) is 4.79 Å². The molecule has 3 aliphatic heterocycles. The summed E-state index contributed by atoms with van der Waals surface area (Å²) in [7, 11) is 0. The molecule has 126 valence electrons. The van der Waals surface area contributed by atoms with E-state index in [0.717, 1.165) is 18.9 Å². The molecule has 3 aliphatic rings. The highest BCUT2D eigenvalue weighted by Crippen LogP contribution is 2.27. The van der Waals surface area contributed by atoms with E-state index < -0.39 is 0 Å². The molecule has 6 heteroatoms. The van der Waals surface area contributed by atoms with Crippen molar-refractivity contribution in [1.82, 2.24) is 15.2 Å². The molecule has 24 heavy (non-hydrogen) atoms. The number of ether oxygens (including phenoxy) is 1. The SMILES string of the molecule is O=C(NC1CC2CCN(CC2)C1)c1ccc(Oc2ncco2)cc1. The fourth-order valence-electron chi connectivity index (χ4n) is 3.60. The Kier molecular flexibility index (Phi) is 4.21. The average molecular weight is 327 g/mol. The van der Waals surface area contributed by atoms with Gasteiger partial charge < -0.3 is 19.4 Å². The zero-order valence-electron chi connectivity index (χ0n) is 13.5. The minimum atomic E-state index is -0.0230. The summed E-state index contributed by atoms with van der Waals surface area (Å²) in [6.45, 7) is 3.31. The predicted molar refractivity (Wildman–Crippen MR) is 88.1 cm³/mol. The van der Waals surface area contributed by atoms with E-state index in [9.17, 15) is 4.79 Å². The number of hydrogen-bond donors (Lipinski definition) is 1. The van der Waals surface area contributed by atoms with Gasteiger partial charge in [-0.15, -0.1) is 0 Å². The van der Waals surface area contributed by atoms with Crippen LogP contribution in [0.3, 0.4) is 0 Å². The Morgan fingerprint density at radius 1 is 1.25 bits per heavy atom. The lowest BCUT2D eigenvalue weighted by molar-refractivity contribution is 0.0929. The van der Waals surface area contributed by atoms with E-state index in [4.69, 9.17) is 9.15 Å². The van der Waals surface area contributed by atoms with Crippen molar-refractivity contribution in [3.05, 3.63) is 42.3 Å². The number of hydrogen-bond acceptors (Lipinski definition) is 5. The first kappa shape index (κ1) is 15.2. The van der Waals surface area contributed by atoms with Crippen LogP contribution >= 0.6 is 0 Å². The molecule has 1 aromatic heterocycles. The van der Waals surface area contributed by atoms with E-state index >= 15 is 0 Å². The monoisotopic (exact) mass is 327 g/mol. The van der Waals surface area contributed by atoms with E-state index in [2.05, 4.69) is 15.2 Å². The number of aromatic nitrogens is 1. The van der Waals surface area contributed by atoms with Gasteiger partial charge in [-0.2, -0.15) is 4.98 Å². The maximum absolute atomic E-state index is 12.5. The molecule has 1 unspecified atom stereocenters. The van der Waals surface area contributed by atoms with Gasteiger partial charge in [0.1, 0.15) is 12.0 Å². The molecule has 2 bridgehead atoms. The zero-order chi connectivity index (χ0) is 16.4. The van der Waals surface area contributed by atoms with Gasteiger partial charge in [0.15, 0.2) is 0 Å². The highest BCUT2D eigenvalue weighted by atomic mass is 16.6. The Balaban J connectivity index is 1.37. The number of rotatable bonds is 4. The molecule has 6 nitrogen and oxygen atoms in total. The smallest absolute Gasteiger partial charge is 0.399 e. The molecule has 3 fully saturated rings. The zero-order valence-corrected chi connectivity index (χ0v) is 13.5. The number of piperidine rings is 1. The lowest BCUT2D eigenvalue weighted by Crippen LogP contribution is -2.41. The van der Waals surface area contributed by atoms with Gasteiger partial charge in [0.25, 0.3) is 5.91 Å². The summed E-state index contributed by atoms with van der Waals surface area (Å²) >= 11 is 0. The van der Waals surface area contributed by atoms with Crippen molar-refractivity contribution in [3.63, 3.8) is 0 Å². The minimum absolute atomic E-state index is 0.0230. The van der Waals surface area contributed by atoms with Crippen molar-refractivity contribution in [1.29, 1.82) is 0 Å². The summed E-state index contributed by atoms with van der Waals surface area (Å²) in [5.41, 5.74) is 0.640. The highest BCUT2D eigenvalue weighted by Gasteiger charge is 2.29. The first-order valence-electron chi connectivity index (χ1n) is 8.47. The van der Waals surface area contributed by atoms with Crippen molar-refractivity contribution in [3.8, 4) is 11.8 Å². The Labute approximate surface area is 140 Å². The van der Waals surface area contributed by atoms with Crippen molar-refractivity contribution in [2.75, 3.05) is 19.6 Å². The van der Waals surface area contributed by atoms with Gasteiger partial charge in [0.2, 0.25) is 0 Å². The number of nitrogens with zero attached hydrogens (tertiary/aromatic N) is 2. The van der Waals surface area contributed by atoms with Gasteiger partial charge in [-0.25, -0.2) is 0 Å². The van der Waals surface area contributed by atoms with Crippen LogP contribution in [0.15, 0.2) is 41.1 Å². The molecule has 0 saturated carbocycles. The standard InChI is InChI=1S/C18H21N3O3/c22-17(20-15-11-13-5-8-21(12-15)9-6-13)14-1-3-16(4-2-14)24-18-19-7-10-23-18/h1-4,7,10,13,15H,5-6,8-9,11-12H2,(H,20,22). The Morgan fingerprint density at radius 2 is 2.04 bits per heavy atom. The van der Waals surface area contributed by atoms with Crippen molar-refractivity contribution in [2.45, 2.75) is 25.3 Å². The molecule has 0 radical (unpaired) electrons. The molecule has 5 rings (SSSR count). The number of benzene rings is 1. The summed E-state index contributed by atoms with van der Waals surface area (Å²) in [5, 5.41) is 3.19. The van der Waals surface area contributed by atoms with E-state index in [-0.39, 0.29) is 18.0 Å². The van der Waals surface area contributed by atoms with Crippen LogP contribution in [0.4, 0.5) is 0 Å². The molecule has 0 aliphatic carbocycles. The third-order valence-electron chi connectivity index (χ3n) is 4.87. The summed E-state index contributed by atoms with van der Waals surface area (Å²) in [4.78, 5) is 18.8. The Morgan fingerprint density at radius 3 is 2.75 bits per heavy atom. The highest BCUT2D eigenvalue weighted by molar-refractivity contribution is 5.94. The maximum atomic E-state index is 12.5. The second kappa shape index (κ2) is 6.65. The largest absolute Gasteiger partial charge is 0.417 e. The van der Waals surface area contributed by atoms with E-state index in [0.29, 0.717) is 11.3 Å². The summed E-state index contributed by atoms with van der Waals surface area (Å²) in [6.07, 6.45) is 6.78. The molecule has 1 aromatic carbocycles. The van der Waals surface area contributed by atoms with Crippen LogP contribution in [0.25, 0.3) is 0 Å². The van der Waals surface area contributed by atoms with Crippen LogP contribution in [0, 0.1) is 5.92 Å². The number of carbonyl (C=O) groups is 1. The number of oxazole rings is 1. The van der Waals surface area contributed by atoms with Gasteiger partial charge in [0, 0.05) is 18.2 Å². The fourth-order valence-corrected chi connectivity index (χ4v) is 3.60. The Bertz CT molecular complexity index is 662. The van der Waals surface area contributed by atoms with Crippen LogP contribution in [-0.4, -0.2) is 41.5 Å². The maximum Gasteiger partial charge on any atom is 0.399 e. The van der Waals surface area contributed by atoms with Crippen LogP contribution in [-0.2, 0) is 0 Å². The van der Waals surface area contributed by atoms with E-state index in [1.54, 1.807) is 24.3 Å². The first-order valence-corrected chi connectivity index (χ1v) is 8.47. The summed E-state index contributed by atoms with van der Waals surface area (Å²) < 4.78 is 10.5. The molecule has 0 spiro atoms. The second-order valence-corrected chi connectivity index (χ2v) is 6.57. The average Bonchev–Trinajstić information content (AvgIpc) is 2.94. The summed E-state index contributed by atoms with van der Waals surface area (Å²) in [6, 6.07) is 7.27. The molecule has 1 atom stereocenters. The van der Waals surface area contributed by atoms with Crippen LogP contribution in [0.2, 0.25) is 0 Å². The minimum Gasteiger partial charge on any atom is -0.417 e. The van der Waals surface area contributed by atoms with Gasteiger partial charge in [-0.05, 0) is 62.5 Å². The number of carbonyl (C=O) groups excluding carboxylic acids is 1. The molecule has 4 heterocycles. The normalized spacial score (nSPS) is 25.9. The van der Waals surface area contributed by atoms with E-state index in [1.807, 2.05) is 0 Å². The quantitative estimate of drug-likeness (QED) is 0.935. The fraction of sp³-hybridized carbons (Fsp3) is 0.444. The predicted octanol–water partition coefficient (Wildman–Crippen LogP) is 2.68. The number of amides is 1. The van der Waals surface area contributed by atoms with Crippen LogP contribution in [0.5, 0.6) is 11.8 Å². The van der Waals surface area contributed by atoms with Crippen LogP contribution in [0.1, 0.15) is 29.6 Å². The van der Waals surface area contributed by atoms with Crippen molar-refractivity contribution in [2.24, 2.45) is 5.92 Å². The Hall–Kier alpha value is -2.34.